The van der Waals surface area contributed by atoms with Crippen LogP contribution in [0.2, 0.25) is 0 Å². The Balaban J connectivity index is 1.72. The lowest BCUT2D eigenvalue weighted by molar-refractivity contribution is 0.300. The Hall–Kier alpha value is -0.490. The highest BCUT2D eigenvalue weighted by Gasteiger charge is 2.40. The summed E-state index contributed by atoms with van der Waals surface area (Å²) >= 11 is 6.25. The Morgan fingerprint density at radius 3 is 2.67 bits per heavy atom. The van der Waals surface area contributed by atoms with E-state index in [-0.39, 0.29) is 0 Å². The van der Waals surface area contributed by atoms with Crippen molar-refractivity contribution >= 4 is 11.6 Å². The molecule has 18 heavy (non-hydrogen) atoms. The monoisotopic (exact) mass is 262 g/mol. The lowest BCUT2D eigenvalue weighted by atomic mass is 9.80. The van der Waals surface area contributed by atoms with Gasteiger partial charge in [-0.2, -0.15) is 0 Å². The molecule has 2 aliphatic rings. The second kappa shape index (κ2) is 5.25. The van der Waals surface area contributed by atoms with Gasteiger partial charge in [-0.05, 0) is 67.4 Å². The van der Waals surface area contributed by atoms with Crippen LogP contribution in [0.3, 0.4) is 0 Å². The molecule has 0 N–H and O–H groups in total. The van der Waals surface area contributed by atoms with Crippen LogP contribution >= 0.6 is 11.6 Å². The van der Waals surface area contributed by atoms with Gasteiger partial charge in [0.25, 0.3) is 0 Å². The summed E-state index contributed by atoms with van der Waals surface area (Å²) in [5.74, 6) is 4.36. The third-order valence-corrected chi connectivity index (χ3v) is 5.66. The standard InChI is InChI=1S/C17H23Cl/c1-12-4-2-3-5-17(12)16(11-18)10-15-9-13-6-7-14(15)8-13/h2-5,13-16H,6-11H2,1H3. The molecule has 1 aromatic carbocycles. The van der Waals surface area contributed by atoms with Crippen molar-refractivity contribution in [3.05, 3.63) is 35.4 Å². The summed E-state index contributed by atoms with van der Waals surface area (Å²) in [7, 11) is 0. The second-order valence-corrected chi connectivity index (χ2v) is 6.69. The van der Waals surface area contributed by atoms with E-state index in [0.717, 1.165) is 23.6 Å². The number of rotatable bonds is 4. The number of hydrogen-bond donors (Lipinski definition) is 0. The van der Waals surface area contributed by atoms with E-state index in [1.165, 1.54) is 43.2 Å². The Morgan fingerprint density at radius 1 is 1.22 bits per heavy atom. The Labute approximate surface area is 116 Å². The van der Waals surface area contributed by atoms with Gasteiger partial charge in [-0.3, -0.25) is 0 Å². The van der Waals surface area contributed by atoms with Gasteiger partial charge in [0.15, 0.2) is 0 Å². The molecule has 0 radical (unpaired) electrons. The van der Waals surface area contributed by atoms with Crippen molar-refractivity contribution in [3.63, 3.8) is 0 Å². The number of fused-ring (bicyclic) bond motifs is 2. The maximum absolute atomic E-state index is 6.25. The highest BCUT2D eigenvalue weighted by Crippen LogP contribution is 2.51. The summed E-state index contributed by atoms with van der Waals surface area (Å²) in [6, 6.07) is 8.77. The van der Waals surface area contributed by atoms with E-state index in [4.69, 9.17) is 11.6 Å². The van der Waals surface area contributed by atoms with Crippen molar-refractivity contribution < 1.29 is 0 Å². The topological polar surface area (TPSA) is 0 Å². The molecular weight excluding hydrogens is 240 g/mol. The summed E-state index contributed by atoms with van der Waals surface area (Å²) < 4.78 is 0. The zero-order valence-corrected chi connectivity index (χ0v) is 12.0. The fraction of sp³-hybridized carbons (Fsp3) is 0.647. The first-order valence-electron chi connectivity index (χ1n) is 7.39. The van der Waals surface area contributed by atoms with Crippen LogP contribution in [0.5, 0.6) is 0 Å². The normalized spacial score (nSPS) is 31.8. The molecule has 2 aliphatic carbocycles. The third kappa shape index (κ3) is 2.32. The molecule has 0 aliphatic heterocycles. The van der Waals surface area contributed by atoms with Gasteiger partial charge < -0.3 is 0 Å². The maximum Gasteiger partial charge on any atom is 0.0292 e. The van der Waals surface area contributed by atoms with Crippen LogP contribution < -0.4 is 0 Å². The lowest BCUT2D eigenvalue weighted by Crippen LogP contribution is -2.16. The minimum absolute atomic E-state index is 0.567. The number of benzene rings is 1. The first-order valence-corrected chi connectivity index (χ1v) is 7.93. The van der Waals surface area contributed by atoms with Crippen LogP contribution in [-0.2, 0) is 0 Å². The third-order valence-electron chi connectivity index (χ3n) is 5.29. The van der Waals surface area contributed by atoms with Crippen LogP contribution in [0.4, 0.5) is 0 Å². The molecule has 0 spiro atoms. The zero-order valence-electron chi connectivity index (χ0n) is 11.2. The fourth-order valence-corrected chi connectivity index (χ4v) is 4.64. The van der Waals surface area contributed by atoms with Crippen LogP contribution in [0.1, 0.15) is 49.1 Å². The SMILES string of the molecule is Cc1ccccc1C(CCl)CC1CC2CCC1C2. The van der Waals surface area contributed by atoms with E-state index in [0.29, 0.717) is 5.92 Å². The van der Waals surface area contributed by atoms with Gasteiger partial charge in [-0.15, -0.1) is 11.6 Å². The van der Waals surface area contributed by atoms with E-state index >= 15 is 0 Å². The summed E-state index contributed by atoms with van der Waals surface area (Å²) in [6.07, 6.45) is 7.28. The smallest absolute Gasteiger partial charge is 0.0292 e. The predicted octanol–water partition coefficient (Wildman–Crippen LogP) is 5.14. The van der Waals surface area contributed by atoms with Gasteiger partial charge in [0.2, 0.25) is 0 Å². The number of aryl methyl sites for hydroxylation is 1. The van der Waals surface area contributed by atoms with Gasteiger partial charge in [-0.25, -0.2) is 0 Å². The van der Waals surface area contributed by atoms with E-state index < -0.39 is 0 Å². The first kappa shape index (κ1) is 12.5. The molecule has 1 aromatic rings. The van der Waals surface area contributed by atoms with Crippen molar-refractivity contribution in [2.24, 2.45) is 17.8 Å². The average molecular weight is 263 g/mol. The molecule has 2 bridgehead atoms. The molecule has 98 valence electrons. The summed E-state index contributed by atoms with van der Waals surface area (Å²) in [5.41, 5.74) is 2.89. The zero-order chi connectivity index (χ0) is 12.5. The molecule has 2 fully saturated rings. The minimum atomic E-state index is 0.567. The van der Waals surface area contributed by atoms with Crippen molar-refractivity contribution in [2.45, 2.75) is 44.9 Å². The van der Waals surface area contributed by atoms with E-state index in [1.807, 2.05) is 0 Å². The van der Waals surface area contributed by atoms with Crippen LogP contribution in [-0.4, -0.2) is 5.88 Å². The van der Waals surface area contributed by atoms with Crippen LogP contribution in [0.25, 0.3) is 0 Å². The molecule has 4 atom stereocenters. The number of halogens is 1. The average Bonchev–Trinajstić information content (AvgIpc) is 2.99. The molecule has 4 unspecified atom stereocenters. The summed E-state index contributed by atoms with van der Waals surface area (Å²) in [4.78, 5) is 0. The Morgan fingerprint density at radius 2 is 2.06 bits per heavy atom. The second-order valence-electron chi connectivity index (χ2n) is 6.38. The Kier molecular flexibility index (Phi) is 3.66. The highest BCUT2D eigenvalue weighted by molar-refractivity contribution is 6.18. The molecule has 1 heteroatoms. The van der Waals surface area contributed by atoms with Crippen molar-refractivity contribution in [2.75, 3.05) is 5.88 Å². The van der Waals surface area contributed by atoms with Gasteiger partial charge in [0.1, 0.15) is 0 Å². The largest absolute Gasteiger partial charge is 0.126 e. The van der Waals surface area contributed by atoms with E-state index in [2.05, 4.69) is 31.2 Å². The summed E-state index contributed by atoms with van der Waals surface area (Å²) in [5, 5.41) is 0. The molecule has 0 amide bonds. The number of alkyl halides is 1. The molecule has 3 rings (SSSR count). The van der Waals surface area contributed by atoms with Crippen molar-refractivity contribution in [3.8, 4) is 0 Å². The highest BCUT2D eigenvalue weighted by atomic mass is 35.5. The summed E-state index contributed by atoms with van der Waals surface area (Å²) in [6.45, 7) is 2.22. The van der Waals surface area contributed by atoms with Crippen LogP contribution in [0, 0.1) is 24.7 Å². The van der Waals surface area contributed by atoms with E-state index in [9.17, 15) is 0 Å². The van der Waals surface area contributed by atoms with Crippen molar-refractivity contribution in [1.29, 1.82) is 0 Å². The molecule has 0 saturated heterocycles. The lowest BCUT2D eigenvalue weighted by Gasteiger charge is -2.26. The predicted molar refractivity (Wildman–Crippen MR) is 78.2 cm³/mol. The van der Waals surface area contributed by atoms with Crippen molar-refractivity contribution in [1.82, 2.24) is 0 Å². The van der Waals surface area contributed by atoms with E-state index in [1.54, 1.807) is 0 Å². The molecule has 0 nitrogen and oxygen atoms in total. The van der Waals surface area contributed by atoms with Crippen LogP contribution in [0.15, 0.2) is 24.3 Å². The van der Waals surface area contributed by atoms with Gasteiger partial charge >= 0.3 is 0 Å². The molecular formula is C17H23Cl. The van der Waals surface area contributed by atoms with Gasteiger partial charge in [0, 0.05) is 5.88 Å². The van der Waals surface area contributed by atoms with Gasteiger partial charge in [0.05, 0.1) is 0 Å². The Bertz CT molecular complexity index is 412. The maximum atomic E-state index is 6.25. The molecule has 0 heterocycles. The fourth-order valence-electron chi connectivity index (χ4n) is 4.35. The number of hydrogen-bond acceptors (Lipinski definition) is 0. The van der Waals surface area contributed by atoms with Gasteiger partial charge in [-0.1, -0.05) is 30.7 Å². The first-order chi connectivity index (χ1) is 8.78. The minimum Gasteiger partial charge on any atom is -0.126 e. The quantitative estimate of drug-likeness (QED) is 0.659. The molecule has 2 saturated carbocycles. The molecule has 0 aromatic heterocycles.